The fourth-order valence-corrected chi connectivity index (χ4v) is 3.04. The van der Waals surface area contributed by atoms with E-state index in [4.69, 9.17) is 4.74 Å². The van der Waals surface area contributed by atoms with Gasteiger partial charge in [0.2, 0.25) is 5.88 Å². The predicted molar refractivity (Wildman–Crippen MR) is 103 cm³/mol. The second-order valence-electron chi connectivity index (χ2n) is 8.10. The highest BCUT2D eigenvalue weighted by Gasteiger charge is 2.29. The average Bonchev–Trinajstić information content (AvgIpc) is 3.13. The van der Waals surface area contributed by atoms with Crippen LogP contribution in [0.3, 0.4) is 0 Å². The second kappa shape index (κ2) is 7.57. The van der Waals surface area contributed by atoms with Crippen molar-refractivity contribution in [2.75, 3.05) is 19.7 Å². The summed E-state index contributed by atoms with van der Waals surface area (Å²) in [6.45, 7) is 7.63. The van der Waals surface area contributed by atoms with E-state index in [1.54, 1.807) is 11.0 Å². The van der Waals surface area contributed by atoms with Crippen LogP contribution in [0.5, 0.6) is 5.88 Å². The molecule has 0 bridgehead atoms. The lowest BCUT2D eigenvalue weighted by atomic mass is 9.92. The first-order valence-electron chi connectivity index (χ1n) is 9.22. The first kappa shape index (κ1) is 19.8. The summed E-state index contributed by atoms with van der Waals surface area (Å²) in [5.41, 5.74) is -0.362. The van der Waals surface area contributed by atoms with Crippen LogP contribution < -0.4 is 16.0 Å². The Hall–Kier alpha value is -2.97. The third kappa shape index (κ3) is 4.13. The van der Waals surface area contributed by atoms with Crippen molar-refractivity contribution in [1.29, 1.82) is 0 Å². The molecule has 1 aliphatic rings. The average molecular weight is 387 g/mol. The number of carbonyl (C=O) groups is 1. The van der Waals surface area contributed by atoms with E-state index < -0.39 is 11.2 Å². The molecule has 1 aliphatic heterocycles. The van der Waals surface area contributed by atoms with Gasteiger partial charge in [-0.3, -0.25) is 14.2 Å². The number of carbonyl (C=O) groups excluding carboxylic acids is 1. The molecule has 150 valence electrons. The standard InChI is InChI=1S/C19H25N5O4/c1-19(2,3)14-5-6-15(22-21-14)28-11-12-7-8-24(10-12)17(26)13-9-20-18(27)23(4)16(13)25/h5-6,9,12H,7-8,10-11H2,1-4H3,(H,20,27). The van der Waals surface area contributed by atoms with E-state index in [1.807, 2.05) is 6.07 Å². The molecule has 1 amide bonds. The molecule has 1 N–H and O–H groups in total. The number of nitrogens with zero attached hydrogens (tertiary/aromatic N) is 4. The lowest BCUT2D eigenvalue weighted by Gasteiger charge is -2.17. The SMILES string of the molecule is Cn1c(=O)[nH]cc(C(=O)N2CCC(COc3ccc(C(C)(C)C)nn3)C2)c1=O. The summed E-state index contributed by atoms with van der Waals surface area (Å²) >= 11 is 0. The highest BCUT2D eigenvalue weighted by molar-refractivity contribution is 5.93. The number of hydrogen-bond acceptors (Lipinski definition) is 6. The molecule has 2 aromatic rings. The quantitative estimate of drug-likeness (QED) is 0.827. The summed E-state index contributed by atoms with van der Waals surface area (Å²) < 4.78 is 6.62. The Bertz CT molecular complexity index is 972. The first-order chi connectivity index (χ1) is 13.2. The molecule has 1 saturated heterocycles. The van der Waals surface area contributed by atoms with Crippen LogP contribution in [-0.4, -0.2) is 50.3 Å². The van der Waals surface area contributed by atoms with Crippen LogP contribution in [0.15, 0.2) is 27.9 Å². The monoisotopic (exact) mass is 387 g/mol. The number of hydrogen-bond donors (Lipinski definition) is 1. The van der Waals surface area contributed by atoms with Crippen LogP contribution in [0, 0.1) is 5.92 Å². The first-order valence-corrected chi connectivity index (χ1v) is 9.22. The lowest BCUT2D eigenvalue weighted by Crippen LogP contribution is -2.40. The maximum atomic E-state index is 12.6. The number of nitrogens with one attached hydrogen (secondary N) is 1. The molecular formula is C19H25N5O4. The third-order valence-corrected chi connectivity index (χ3v) is 4.86. The van der Waals surface area contributed by atoms with Gasteiger partial charge in [0.25, 0.3) is 11.5 Å². The van der Waals surface area contributed by atoms with Crippen LogP contribution in [0.2, 0.25) is 0 Å². The van der Waals surface area contributed by atoms with E-state index in [2.05, 4.69) is 36.0 Å². The Balaban J connectivity index is 1.58. The molecule has 2 aromatic heterocycles. The topological polar surface area (TPSA) is 110 Å². The van der Waals surface area contributed by atoms with E-state index in [-0.39, 0.29) is 22.8 Å². The molecule has 0 aromatic carbocycles. The van der Waals surface area contributed by atoms with Crippen LogP contribution in [0.4, 0.5) is 0 Å². The summed E-state index contributed by atoms with van der Waals surface area (Å²) in [5.74, 6) is 0.209. The number of amides is 1. The van der Waals surface area contributed by atoms with Crippen molar-refractivity contribution in [3.8, 4) is 5.88 Å². The highest BCUT2D eigenvalue weighted by Crippen LogP contribution is 2.22. The van der Waals surface area contributed by atoms with Gasteiger partial charge in [-0.1, -0.05) is 20.8 Å². The van der Waals surface area contributed by atoms with Crippen molar-refractivity contribution < 1.29 is 9.53 Å². The summed E-state index contributed by atoms with van der Waals surface area (Å²) in [6.07, 6.45) is 1.95. The number of aromatic nitrogens is 4. The Labute approximate surface area is 162 Å². The van der Waals surface area contributed by atoms with E-state index in [0.29, 0.717) is 25.6 Å². The Morgan fingerprint density at radius 2 is 2.04 bits per heavy atom. The van der Waals surface area contributed by atoms with Gasteiger partial charge in [-0.15, -0.1) is 5.10 Å². The molecule has 0 aliphatic carbocycles. The largest absolute Gasteiger partial charge is 0.476 e. The molecule has 0 radical (unpaired) electrons. The van der Waals surface area contributed by atoms with Crippen molar-refractivity contribution in [2.24, 2.45) is 13.0 Å². The zero-order valence-corrected chi connectivity index (χ0v) is 16.6. The number of H-pyrrole nitrogens is 1. The van der Waals surface area contributed by atoms with Gasteiger partial charge >= 0.3 is 5.69 Å². The zero-order valence-electron chi connectivity index (χ0n) is 16.6. The Morgan fingerprint density at radius 3 is 2.68 bits per heavy atom. The molecule has 1 atom stereocenters. The third-order valence-electron chi connectivity index (χ3n) is 4.86. The fraction of sp³-hybridized carbons (Fsp3) is 0.526. The van der Waals surface area contributed by atoms with Gasteiger partial charge in [0.05, 0.1) is 12.3 Å². The summed E-state index contributed by atoms with van der Waals surface area (Å²) in [5, 5.41) is 8.30. The molecule has 1 unspecified atom stereocenters. The van der Waals surface area contributed by atoms with Crippen LogP contribution in [0.1, 0.15) is 43.2 Å². The summed E-state index contributed by atoms with van der Waals surface area (Å²) in [4.78, 5) is 40.2. The van der Waals surface area contributed by atoms with E-state index in [9.17, 15) is 14.4 Å². The van der Waals surface area contributed by atoms with Crippen LogP contribution in [-0.2, 0) is 12.5 Å². The smallest absolute Gasteiger partial charge is 0.328 e. The molecule has 1 fully saturated rings. The van der Waals surface area contributed by atoms with Gasteiger partial charge < -0.3 is 14.6 Å². The molecule has 0 saturated carbocycles. The molecular weight excluding hydrogens is 362 g/mol. The molecule has 9 nitrogen and oxygen atoms in total. The van der Waals surface area contributed by atoms with E-state index >= 15 is 0 Å². The van der Waals surface area contributed by atoms with Crippen molar-refractivity contribution >= 4 is 5.91 Å². The van der Waals surface area contributed by atoms with Gasteiger partial charge in [-0.25, -0.2) is 4.79 Å². The van der Waals surface area contributed by atoms with E-state index in [1.165, 1.54) is 13.2 Å². The highest BCUT2D eigenvalue weighted by atomic mass is 16.5. The number of likely N-dealkylation sites (tertiary alicyclic amines) is 1. The summed E-state index contributed by atoms with van der Waals surface area (Å²) in [6, 6.07) is 3.70. The minimum atomic E-state index is -0.595. The van der Waals surface area contributed by atoms with Crippen molar-refractivity contribution in [3.05, 3.63) is 50.4 Å². The van der Waals surface area contributed by atoms with Crippen molar-refractivity contribution in [1.82, 2.24) is 24.6 Å². The number of aromatic amines is 1. The predicted octanol–water partition coefficient (Wildman–Crippen LogP) is 0.702. The molecule has 3 heterocycles. The van der Waals surface area contributed by atoms with E-state index in [0.717, 1.165) is 16.7 Å². The fourth-order valence-electron chi connectivity index (χ4n) is 3.04. The Morgan fingerprint density at radius 1 is 1.29 bits per heavy atom. The van der Waals surface area contributed by atoms with Gasteiger partial charge in [-0.2, -0.15) is 5.10 Å². The molecule has 28 heavy (non-hydrogen) atoms. The van der Waals surface area contributed by atoms with Crippen LogP contribution >= 0.6 is 0 Å². The van der Waals surface area contributed by atoms with Gasteiger partial charge in [0, 0.05) is 43.7 Å². The number of rotatable bonds is 4. The van der Waals surface area contributed by atoms with Gasteiger partial charge in [0.1, 0.15) is 5.56 Å². The maximum absolute atomic E-state index is 12.6. The zero-order chi connectivity index (χ0) is 20.5. The van der Waals surface area contributed by atoms with Gasteiger partial charge in [0.15, 0.2) is 0 Å². The summed E-state index contributed by atoms with van der Waals surface area (Å²) in [7, 11) is 1.34. The molecule has 9 heteroatoms. The van der Waals surface area contributed by atoms with Crippen molar-refractivity contribution in [2.45, 2.75) is 32.6 Å². The van der Waals surface area contributed by atoms with Crippen molar-refractivity contribution in [3.63, 3.8) is 0 Å². The number of ether oxygens (including phenoxy) is 1. The molecule has 3 rings (SSSR count). The second-order valence-corrected chi connectivity index (χ2v) is 8.10. The lowest BCUT2D eigenvalue weighted by molar-refractivity contribution is 0.0779. The Kier molecular flexibility index (Phi) is 5.35. The minimum absolute atomic E-state index is 0.0349. The molecule has 0 spiro atoms. The minimum Gasteiger partial charge on any atom is -0.476 e. The normalized spacial score (nSPS) is 17.0. The van der Waals surface area contributed by atoms with Crippen LogP contribution in [0.25, 0.3) is 0 Å². The maximum Gasteiger partial charge on any atom is 0.328 e. The van der Waals surface area contributed by atoms with Gasteiger partial charge in [-0.05, 0) is 12.5 Å².